The summed E-state index contributed by atoms with van der Waals surface area (Å²) in [5.74, 6) is -0.358. The van der Waals surface area contributed by atoms with Crippen LogP contribution in [0.5, 0.6) is 5.75 Å². The molecule has 3 rings (SSSR count). The van der Waals surface area contributed by atoms with Gasteiger partial charge in [-0.25, -0.2) is 0 Å². The van der Waals surface area contributed by atoms with Gasteiger partial charge in [0.15, 0.2) is 5.82 Å². The molecule has 1 aliphatic heterocycles. The summed E-state index contributed by atoms with van der Waals surface area (Å²) in [5, 5.41) is 21.4. The van der Waals surface area contributed by atoms with E-state index in [9.17, 15) is 20.0 Å². The second kappa shape index (κ2) is 5.18. The Morgan fingerprint density at radius 2 is 1.95 bits per heavy atom. The summed E-state index contributed by atoms with van der Waals surface area (Å²) >= 11 is 0. The van der Waals surface area contributed by atoms with Crippen molar-refractivity contribution in [3.63, 3.8) is 0 Å². The van der Waals surface area contributed by atoms with E-state index < -0.39 is 16.4 Å². The van der Waals surface area contributed by atoms with Crippen LogP contribution >= 0.6 is 0 Å². The van der Waals surface area contributed by atoms with E-state index in [1.807, 2.05) is 30.3 Å². The van der Waals surface area contributed by atoms with Crippen molar-refractivity contribution < 1.29 is 10.0 Å². The third kappa shape index (κ3) is 2.11. The Morgan fingerprint density at radius 3 is 2.59 bits per heavy atom. The summed E-state index contributed by atoms with van der Waals surface area (Å²) in [6.45, 7) is 2.72. The first-order valence-corrected chi connectivity index (χ1v) is 6.90. The van der Waals surface area contributed by atoms with Crippen LogP contribution in [0, 0.1) is 17.0 Å². The molecule has 0 saturated carbocycles. The second-order valence-corrected chi connectivity index (χ2v) is 5.27. The van der Waals surface area contributed by atoms with Crippen molar-refractivity contribution >= 4 is 11.5 Å². The number of fused-ring (bicyclic) bond motifs is 1. The lowest BCUT2D eigenvalue weighted by molar-refractivity contribution is -0.385. The molecule has 0 amide bonds. The molecule has 0 atom stereocenters. The number of nitro groups is 1. The zero-order valence-electron chi connectivity index (χ0n) is 12.0. The molecule has 1 aliphatic rings. The molecule has 0 aliphatic carbocycles. The van der Waals surface area contributed by atoms with Crippen LogP contribution in [0.4, 0.5) is 11.5 Å². The molecule has 7 nitrogen and oxygen atoms in total. The number of aromatic hydroxyl groups is 1. The number of benzene rings is 1. The second-order valence-electron chi connectivity index (χ2n) is 5.27. The quantitative estimate of drug-likeness (QED) is 0.689. The van der Waals surface area contributed by atoms with Gasteiger partial charge < -0.3 is 10.0 Å². The Bertz CT molecular complexity index is 799. The molecule has 0 bridgehead atoms. The first-order chi connectivity index (χ1) is 10.5. The Morgan fingerprint density at radius 1 is 1.27 bits per heavy atom. The van der Waals surface area contributed by atoms with Crippen LogP contribution in [-0.2, 0) is 13.1 Å². The van der Waals surface area contributed by atoms with E-state index in [1.165, 1.54) is 11.5 Å². The highest BCUT2D eigenvalue weighted by Gasteiger charge is 2.34. The van der Waals surface area contributed by atoms with Gasteiger partial charge in [0.25, 0.3) is 5.56 Å². The molecule has 2 heterocycles. The number of rotatable bonds is 3. The fourth-order valence-electron chi connectivity index (χ4n) is 2.79. The molecule has 0 fully saturated rings. The zero-order chi connectivity index (χ0) is 15.9. The summed E-state index contributed by atoms with van der Waals surface area (Å²) in [6, 6.07) is 9.50. The molecule has 7 heteroatoms. The molecular weight excluding hydrogens is 286 g/mol. The molecule has 1 aromatic heterocycles. The van der Waals surface area contributed by atoms with Crippen molar-refractivity contribution in [3.05, 3.63) is 61.9 Å². The van der Waals surface area contributed by atoms with E-state index in [2.05, 4.69) is 0 Å². The number of nitrogens with zero attached hydrogens (tertiary/aromatic N) is 3. The number of anilines is 1. The largest absolute Gasteiger partial charge is 0.502 e. The molecule has 0 radical (unpaired) electrons. The van der Waals surface area contributed by atoms with Crippen molar-refractivity contribution in [3.8, 4) is 5.75 Å². The Kier molecular flexibility index (Phi) is 3.32. The normalized spacial score (nSPS) is 13.2. The highest BCUT2D eigenvalue weighted by molar-refractivity contribution is 5.69. The van der Waals surface area contributed by atoms with Gasteiger partial charge >= 0.3 is 5.69 Å². The predicted octanol–water partition coefficient (Wildman–Crippen LogP) is 1.79. The van der Waals surface area contributed by atoms with Gasteiger partial charge in [-0.2, -0.15) is 0 Å². The Hall–Kier alpha value is -2.83. The first-order valence-electron chi connectivity index (χ1n) is 6.90. The molecule has 2 aromatic rings. The predicted molar refractivity (Wildman–Crippen MR) is 81.3 cm³/mol. The molecule has 1 aromatic carbocycles. The highest BCUT2D eigenvalue weighted by atomic mass is 16.6. The Labute approximate surface area is 126 Å². The van der Waals surface area contributed by atoms with Crippen LogP contribution in [0.25, 0.3) is 0 Å². The lowest BCUT2D eigenvalue weighted by atomic mass is 10.2. The van der Waals surface area contributed by atoms with E-state index >= 15 is 0 Å². The topological polar surface area (TPSA) is 88.6 Å². The van der Waals surface area contributed by atoms with Gasteiger partial charge in [0.1, 0.15) is 0 Å². The van der Waals surface area contributed by atoms with E-state index in [4.69, 9.17) is 0 Å². The average Bonchev–Trinajstić information content (AvgIpc) is 2.89. The van der Waals surface area contributed by atoms with E-state index in [-0.39, 0.29) is 16.9 Å². The van der Waals surface area contributed by atoms with Crippen molar-refractivity contribution in [1.29, 1.82) is 0 Å². The maximum atomic E-state index is 12.2. The number of pyridine rings is 1. The van der Waals surface area contributed by atoms with E-state index in [1.54, 1.807) is 4.90 Å². The summed E-state index contributed by atoms with van der Waals surface area (Å²) in [5.41, 5.74) is 0.217. The van der Waals surface area contributed by atoms with Crippen LogP contribution in [0.3, 0.4) is 0 Å². The van der Waals surface area contributed by atoms with Crippen LogP contribution in [0.1, 0.15) is 11.1 Å². The van der Waals surface area contributed by atoms with Gasteiger partial charge in [0.2, 0.25) is 5.75 Å². The van der Waals surface area contributed by atoms with Gasteiger partial charge in [-0.1, -0.05) is 30.3 Å². The van der Waals surface area contributed by atoms with Gasteiger partial charge in [-0.05, 0) is 12.5 Å². The molecule has 0 spiro atoms. The Balaban J connectivity index is 2.13. The molecule has 1 N–H and O–H groups in total. The molecule has 114 valence electrons. The minimum atomic E-state index is -0.628. The van der Waals surface area contributed by atoms with Gasteiger partial charge in [-0.3, -0.25) is 19.5 Å². The van der Waals surface area contributed by atoms with Gasteiger partial charge in [0, 0.05) is 19.6 Å². The lowest BCUT2D eigenvalue weighted by Gasteiger charge is -2.19. The SMILES string of the molecule is Cc1c(O)c([N+](=O)[O-])c2n(c1=O)CCN2Cc1ccccc1. The van der Waals surface area contributed by atoms with Crippen molar-refractivity contribution in [2.24, 2.45) is 0 Å². The standard InChI is InChI=1S/C15H15N3O4/c1-10-13(19)12(18(21)22)14-16(7-8-17(14)15(10)20)9-11-5-3-2-4-6-11/h2-6,19H,7-9H2,1H3. The number of hydrogen-bond acceptors (Lipinski definition) is 5. The van der Waals surface area contributed by atoms with Crippen LogP contribution in [0.2, 0.25) is 0 Å². The molecule has 0 unspecified atom stereocenters. The van der Waals surface area contributed by atoms with Crippen LogP contribution in [0.15, 0.2) is 35.1 Å². The zero-order valence-corrected chi connectivity index (χ0v) is 12.0. The number of aromatic nitrogens is 1. The molecule has 22 heavy (non-hydrogen) atoms. The average molecular weight is 301 g/mol. The van der Waals surface area contributed by atoms with E-state index in [0.29, 0.717) is 19.6 Å². The van der Waals surface area contributed by atoms with Crippen molar-refractivity contribution in [1.82, 2.24) is 4.57 Å². The lowest BCUT2D eigenvalue weighted by Crippen LogP contribution is -2.24. The summed E-state index contributed by atoms with van der Waals surface area (Å²) in [4.78, 5) is 24.7. The van der Waals surface area contributed by atoms with E-state index in [0.717, 1.165) is 5.56 Å². The van der Waals surface area contributed by atoms with Crippen molar-refractivity contribution in [2.45, 2.75) is 20.0 Å². The third-order valence-electron chi connectivity index (χ3n) is 3.90. The number of hydrogen-bond donors (Lipinski definition) is 1. The highest BCUT2D eigenvalue weighted by Crippen LogP contribution is 2.39. The fourth-order valence-corrected chi connectivity index (χ4v) is 2.79. The third-order valence-corrected chi connectivity index (χ3v) is 3.90. The van der Waals surface area contributed by atoms with Gasteiger partial charge in [-0.15, -0.1) is 0 Å². The monoisotopic (exact) mass is 301 g/mol. The van der Waals surface area contributed by atoms with Crippen molar-refractivity contribution in [2.75, 3.05) is 11.4 Å². The molecular formula is C15H15N3O4. The fraction of sp³-hybridized carbons (Fsp3) is 0.267. The van der Waals surface area contributed by atoms with Gasteiger partial charge in [0.05, 0.1) is 10.5 Å². The summed E-state index contributed by atoms with van der Waals surface area (Å²) < 4.78 is 1.37. The maximum absolute atomic E-state index is 12.2. The summed E-state index contributed by atoms with van der Waals surface area (Å²) in [7, 11) is 0. The minimum Gasteiger partial charge on any atom is -0.502 e. The van der Waals surface area contributed by atoms with Crippen LogP contribution in [-0.4, -0.2) is 21.1 Å². The summed E-state index contributed by atoms with van der Waals surface area (Å²) in [6.07, 6.45) is 0. The maximum Gasteiger partial charge on any atom is 0.351 e. The molecule has 0 saturated heterocycles. The first kappa shape index (κ1) is 14.1. The van der Waals surface area contributed by atoms with Crippen LogP contribution < -0.4 is 10.5 Å². The minimum absolute atomic E-state index is 0.0111. The smallest absolute Gasteiger partial charge is 0.351 e.